The zero-order chi connectivity index (χ0) is 17.7. The van der Waals surface area contributed by atoms with Crippen LogP contribution in [0.25, 0.3) is 0 Å². The van der Waals surface area contributed by atoms with E-state index in [2.05, 4.69) is 29.4 Å². The minimum Gasteiger partial charge on any atom is -0.338 e. The van der Waals surface area contributed by atoms with Crippen LogP contribution in [0.4, 0.5) is 23.7 Å². The van der Waals surface area contributed by atoms with Crippen molar-refractivity contribution in [2.24, 2.45) is 5.92 Å². The van der Waals surface area contributed by atoms with Crippen LogP contribution in [-0.2, 0) is 6.18 Å². The Hall–Kier alpha value is -1.76. The Labute approximate surface area is 140 Å². The molecule has 0 saturated carbocycles. The summed E-state index contributed by atoms with van der Waals surface area (Å²) < 4.78 is 38.8. The van der Waals surface area contributed by atoms with Crippen molar-refractivity contribution < 1.29 is 18.0 Å². The van der Waals surface area contributed by atoms with E-state index in [0.717, 1.165) is 32.0 Å². The van der Waals surface area contributed by atoms with E-state index >= 15 is 0 Å². The van der Waals surface area contributed by atoms with Gasteiger partial charge in [-0.3, -0.25) is 0 Å². The normalized spacial score (nSPS) is 19.3. The van der Waals surface area contributed by atoms with Crippen molar-refractivity contribution in [3.05, 3.63) is 29.8 Å². The number of amides is 2. The molecule has 1 atom stereocenters. The largest absolute Gasteiger partial charge is 0.418 e. The molecule has 0 spiro atoms. The van der Waals surface area contributed by atoms with Crippen LogP contribution >= 0.6 is 0 Å². The van der Waals surface area contributed by atoms with Crippen LogP contribution in [0.3, 0.4) is 0 Å². The van der Waals surface area contributed by atoms with Gasteiger partial charge in [-0.25, -0.2) is 4.79 Å². The molecule has 134 valence electrons. The fourth-order valence-electron chi connectivity index (χ4n) is 2.98. The van der Waals surface area contributed by atoms with Crippen LogP contribution in [0.5, 0.6) is 0 Å². The van der Waals surface area contributed by atoms with Gasteiger partial charge in [0.05, 0.1) is 11.3 Å². The van der Waals surface area contributed by atoms with Crippen LogP contribution in [0.1, 0.15) is 32.3 Å². The summed E-state index contributed by atoms with van der Waals surface area (Å²) in [6.45, 7) is 6.69. The summed E-state index contributed by atoms with van der Waals surface area (Å²) in [5, 5.41) is 5.00. The number of hydrogen-bond donors (Lipinski definition) is 2. The molecule has 0 aliphatic carbocycles. The number of alkyl halides is 3. The first-order chi connectivity index (χ1) is 11.3. The highest BCUT2D eigenvalue weighted by Gasteiger charge is 2.33. The average Bonchev–Trinajstić information content (AvgIpc) is 2.52. The third kappa shape index (κ3) is 5.12. The Morgan fingerprint density at radius 1 is 1.33 bits per heavy atom. The summed E-state index contributed by atoms with van der Waals surface area (Å²) in [7, 11) is 0. The monoisotopic (exact) mass is 343 g/mol. The van der Waals surface area contributed by atoms with Crippen molar-refractivity contribution in [3.63, 3.8) is 0 Å². The molecule has 1 aliphatic heterocycles. The minimum absolute atomic E-state index is 0.227. The van der Waals surface area contributed by atoms with E-state index < -0.39 is 17.8 Å². The van der Waals surface area contributed by atoms with E-state index in [0.29, 0.717) is 18.5 Å². The van der Waals surface area contributed by atoms with Gasteiger partial charge < -0.3 is 15.5 Å². The zero-order valence-electron chi connectivity index (χ0n) is 14.0. The molecule has 1 aromatic carbocycles. The highest BCUT2D eigenvalue weighted by molar-refractivity contribution is 5.90. The first kappa shape index (κ1) is 18.6. The van der Waals surface area contributed by atoms with Crippen molar-refractivity contribution in [3.8, 4) is 0 Å². The van der Waals surface area contributed by atoms with Gasteiger partial charge in [-0.15, -0.1) is 0 Å². The maximum atomic E-state index is 12.9. The standard InChI is InChI=1S/C17H24F3N3O/c1-12(2)23-9-5-6-13(11-23)10-21-16(24)22-15-8-4-3-7-14(15)17(18,19)20/h3-4,7-8,12-13H,5-6,9-11H2,1-2H3,(H2,21,22,24). The molecule has 1 aromatic rings. The number of piperidine rings is 1. The van der Waals surface area contributed by atoms with Crippen molar-refractivity contribution >= 4 is 11.7 Å². The van der Waals surface area contributed by atoms with E-state index in [1.54, 1.807) is 0 Å². The SMILES string of the molecule is CC(C)N1CCCC(CNC(=O)Nc2ccccc2C(F)(F)F)C1. The summed E-state index contributed by atoms with van der Waals surface area (Å²) in [6, 6.07) is 4.83. The lowest BCUT2D eigenvalue weighted by Crippen LogP contribution is -2.44. The van der Waals surface area contributed by atoms with Crippen LogP contribution < -0.4 is 10.6 Å². The lowest BCUT2D eigenvalue weighted by Gasteiger charge is -2.35. The Kier molecular flexibility index (Phi) is 6.10. The number of urea groups is 1. The Bertz CT molecular complexity index is 560. The van der Waals surface area contributed by atoms with E-state index in [4.69, 9.17) is 0 Å². The third-order valence-corrected chi connectivity index (χ3v) is 4.31. The number of carbonyl (C=O) groups is 1. The number of carbonyl (C=O) groups excluding carboxylic acids is 1. The fraction of sp³-hybridized carbons (Fsp3) is 0.588. The van der Waals surface area contributed by atoms with E-state index in [9.17, 15) is 18.0 Å². The molecule has 1 aliphatic rings. The number of nitrogens with one attached hydrogen (secondary N) is 2. The number of likely N-dealkylation sites (tertiary alicyclic amines) is 1. The second-order valence-electron chi connectivity index (χ2n) is 6.48. The molecule has 24 heavy (non-hydrogen) atoms. The topological polar surface area (TPSA) is 44.4 Å². The number of anilines is 1. The van der Waals surface area contributed by atoms with E-state index in [1.165, 1.54) is 18.2 Å². The quantitative estimate of drug-likeness (QED) is 0.869. The van der Waals surface area contributed by atoms with Gasteiger partial charge in [-0.1, -0.05) is 12.1 Å². The van der Waals surface area contributed by atoms with Crippen LogP contribution in [-0.4, -0.2) is 36.6 Å². The second-order valence-corrected chi connectivity index (χ2v) is 6.48. The van der Waals surface area contributed by atoms with Crippen molar-refractivity contribution in [2.75, 3.05) is 25.0 Å². The van der Waals surface area contributed by atoms with Gasteiger partial charge >= 0.3 is 12.2 Å². The fourth-order valence-corrected chi connectivity index (χ4v) is 2.98. The highest BCUT2D eigenvalue weighted by atomic mass is 19.4. The predicted molar refractivity (Wildman–Crippen MR) is 87.9 cm³/mol. The number of benzene rings is 1. The van der Waals surface area contributed by atoms with Crippen LogP contribution in [0.2, 0.25) is 0 Å². The lowest BCUT2D eigenvalue weighted by molar-refractivity contribution is -0.136. The summed E-state index contributed by atoms with van der Waals surface area (Å²) in [5.74, 6) is 0.324. The molecular formula is C17H24F3N3O. The summed E-state index contributed by atoms with van der Waals surface area (Å²) in [6.07, 6.45) is -2.41. The maximum absolute atomic E-state index is 12.9. The van der Waals surface area contributed by atoms with E-state index in [-0.39, 0.29) is 5.69 Å². The van der Waals surface area contributed by atoms with Gasteiger partial charge in [0.1, 0.15) is 0 Å². The molecule has 2 N–H and O–H groups in total. The van der Waals surface area contributed by atoms with E-state index in [1.807, 2.05) is 0 Å². The Morgan fingerprint density at radius 2 is 2.04 bits per heavy atom. The minimum atomic E-state index is -4.50. The molecule has 7 heteroatoms. The molecule has 0 aromatic heterocycles. The van der Waals surface area contributed by atoms with Crippen molar-refractivity contribution in [1.82, 2.24) is 10.2 Å². The molecule has 1 unspecified atom stereocenters. The Balaban J connectivity index is 1.88. The average molecular weight is 343 g/mol. The molecule has 1 saturated heterocycles. The number of halogens is 3. The molecule has 0 bridgehead atoms. The van der Waals surface area contributed by atoms with Crippen molar-refractivity contribution in [2.45, 2.75) is 38.9 Å². The van der Waals surface area contributed by atoms with Gasteiger partial charge in [-0.2, -0.15) is 13.2 Å². The smallest absolute Gasteiger partial charge is 0.338 e. The summed E-state index contributed by atoms with van der Waals surface area (Å²) in [4.78, 5) is 14.3. The van der Waals surface area contributed by atoms with Gasteiger partial charge in [-0.05, 0) is 51.3 Å². The molecule has 1 fully saturated rings. The molecule has 2 rings (SSSR count). The molecular weight excluding hydrogens is 319 g/mol. The van der Waals surface area contributed by atoms with Gasteiger partial charge in [0, 0.05) is 19.1 Å². The highest BCUT2D eigenvalue weighted by Crippen LogP contribution is 2.34. The maximum Gasteiger partial charge on any atom is 0.418 e. The van der Waals surface area contributed by atoms with Gasteiger partial charge in [0.2, 0.25) is 0 Å². The number of para-hydroxylation sites is 1. The number of rotatable bonds is 4. The molecule has 2 amide bonds. The van der Waals surface area contributed by atoms with Gasteiger partial charge in [0.15, 0.2) is 0 Å². The van der Waals surface area contributed by atoms with Crippen molar-refractivity contribution in [1.29, 1.82) is 0 Å². The number of hydrogen-bond acceptors (Lipinski definition) is 2. The Morgan fingerprint density at radius 3 is 2.71 bits per heavy atom. The number of nitrogens with zero attached hydrogens (tertiary/aromatic N) is 1. The lowest BCUT2D eigenvalue weighted by atomic mass is 9.97. The van der Waals surface area contributed by atoms with Crippen LogP contribution in [0.15, 0.2) is 24.3 Å². The molecule has 4 nitrogen and oxygen atoms in total. The second kappa shape index (κ2) is 7.88. The summed E-state index contributed by atoms with van der Waals surface area (Å²) in [5.41, 5.74) is -1.07. The summed E-state index contributed by atoms with van der Waals surface area (Å²) >= 11 is 0. The zero-order valence-corrected chi connectivity index (χ0v) is 14.0. The molecule has 0 radical (unpaired) electrons. The van der Waals surface area contributed by atoms with Gasteiger partial charge in [0.25, 0.3) is 0 Å². The third-order valence-electron chi connectivity index (χ3n) is 4.31. The first-order valence-corrected chi connectivity index (χ1v) is 8.22. The first-order valence-electron chi connectivity index (χ1n) is 8.22. The predicted octanol–water partition coefficient (Wildman–Crippen LogP) is 3.95. The van der Waals surface area contributed by atoms with Crippen LogP contribution in [0, 0.1) is 5.92 Å². The molecule has 1 heterocycles.